The van der Waals surface area contributed by atoms with Crippen molar-refractivity contribution in [2.45, 2.75) is 5.54 Å². The van der Waals surface area contributed by atoms with Gasteiger partial charge in [0.15, 0.2) is 5.82 Å². The van der Waals surface area contributed by atoms with Gasteiger partial charge < -0.3 is 32.1 Å². The molecular formula is C10H15ClFN3O3. The average molecular weight is 280 g/mol. The van der Waals surface area contributed by atoms with Crippen molar-refractivity contribution in [2.75, 3.05) is 36.6 Å². The van der Waals surface area contributed by atoms with E-state index in [0.717, 1.165) is 0 Å². The molecule has 0 aliphatic carbocycles. The van der Waals surface area contributed by atoms with Gasteiger partial charge in [0.1, 0.15) is 10.6 Å². The molecule has 0 amide bonds. The van der Waals surface area contributed by atoms with Gasteiger partial charge in [-0.2, -0.15) is 0 Å². The van der Waals surface area contributed by atoms with Gasteiger partial charge in [0.25, 0.3) is 0 Å². The van der Waals surface area contributed by atoms with E-state index in [-0.39, 0.29) is 22.1 Å². The number of aliphatic hydroxyl groups is 3. The largest absolute Gasteiger partial charge is 0.397 e. The molecule has 0 radical (unpaired) electrons. The highest BCUT2D eigenvalue weighted by atomic mass is 35.5. The molecule has 1 aromatic carbocycles. The van der Waals surface area contributed by atoms with Crippen molar-refractivity contribution in [2.24, 2.45) is 0 Å². The van der Waals surface area contributed by atoms with Crippen LogP contribution in [0.15, 0.2) is 6.07 Å². The van der Waals surface area contributed by atoms with Crippen LogP contribution in [0.2, 0.25) is 5.02 Å². The standard InChI is InChI=1S/C10H15ClFN3O3/c11-7-5(13)1-6(14)9(8(7)12)15-10(2-16,3-17)4-18/h1,15-18H,2-4,13-14H2. The van der Waals surface area contributed by atoms with E-state index in [0.29, 0.717) is 0 Å². The van der Waals surface area contributed by atoms with Crippen LogP contribution in [0.4, 0.5) is 21.5 Å². The molecule has 0 saturated carbocycles. The number of nitrogens with one attached hydrogen (secondary N) is 1. The number of hydrogen-bond acceptors (Lipinski definition) is 6. The van der Waals surface area contributed by atoms with E-state index in [9.17, 15) is 4.39 Å². The fourth-order valence-electron chi connectivity index (χ4n) is 1.33. The Morgan fingerprint density at radius 1 is 1.17 bits per heavy atom. The van der Waals surface area contributed by atoms with Gasteiger partial charge in [0.05, 0.1) is 36.9 Å². The number of halogens is 2. The fraction of sp³-hybridized carbons (Fsp3) is 0.400. The van der Waals surface area contributed by atoms with Crippen molar-refractivity contribution in [1.82, 2.24) is 0 Å². The van der Waals surface area contributed by atoms with E-state index in [2.05, 4.69) is 5.32 Å². The molecule has 0 aliphatic heterocycles. The highest BCUT2D eigenvalue weighted by Crippen LogP contribution is 2.35. The summed E-state index contributed by atoms with van der Waals surface area (Å²) >= 11 is 5.63. The van der Waals surface area contributed by atoms with Crippen LogP contribution in [0.5, 0.6) is 0 Å². The van der Waals surface area contributed by atoms with Gasteiger partial charge in [0.2, 0.25) is 0 Å². The summed E-state index contributed by atoms with van der Waals surface area (Å²) in [7, 11) is 0. The third-order valence-electron chi connectivity index (χ3n) is 2.56. The normalized spacial score (nSPS) is 11.6. The molecule has 0 atom stereocenters. The topological polar surface area (TPSA) is 125 Å². The zero-order chi connectivity index (χ0) is 13.9. The lowest BCUT2D eigenvalue weighted by Crippen LogP contribution is -2.49. The maximum absolute atomic E-state index is 13.9. The van der Waals surface area contributed by atoms with E-state index in [4.69, 9.17) is 38.4 Å². The van der Waals surface area contributed by atoms with Gasteiger partial charge in [-0.25, -0.2) is 4.39 Å². The number of aliphatic hydroxyl groups excluding tert-OH is 3. The first-order valence-corrected chi connectivity index (χ1v) is 5.42. The third kappa shape index (κ3) is 2.59. The quantitative estimate of drug-likeness (QED) is 0.414. The first kappa shape index (κ1) is 14.8. The summed E-state index contributed by atoms with van der Waals surface area (Å²) in [6, 6.07) is 1.24. The summed E-state index contributed by atoms with van der Waals surface area (Å²) in [6.07, 6.45) is 0. The maximum Gasteiger partial charge on any atom is 0.169 e. The minimum Gasteiger partial charge on any atom is -0.397 e. The van der Waals surface area contributed by atoms with Crippen molar-refractivity contribution in [3.8, 4) is 0 Å². The predicted molar refractivity (Wildman–Crippen MR) is 67.8 cm³/mol. The molecule has 0 saturated heterocycles. The van der Waals surface area contributed by atoms with Crippen molar-refractivity contribution in [1.29, 1.82) is 0 Å². The average Bonchev–Trinajstić information content (AvgIpc) is 2.37. The molecule has 0 fully saturated rings. The fourth-order valence-corrected chi connectivity index (χ4v) is 1.48. The predicted octanol–water partition coefficient (Wildman–Crippen LogP) is -0.229. The lowest BCUT2D eigenvalue weighted by atomic mass is 10.0. The first-order chi connectivity index (χ1) is 8.40. The Morgan fingerprint density at radius 2 is 1.67 bits per heavy atom. The van der Waals surface area contributed by atoms with Crippen LogP contribution in [0, 0.1) is 5.82 Å². The third-order valence-corrected chi connectivity index (χ3v) is 2.95. The van der Waals surface area contributed by atoms with Crippen molar-refractivity contribution in [3.05, 3.63) is 16.9 Å². The Labute approximate surface area is 108 Å². The second-order valence-corrected chi connectivity index (χ2v) is 4.32. The van der Waals surface area contributed by atoms with Gasteiger partial charge in [-0.3, -0.25) is 0 Å². The molecule has 102 valence electrons. The molecule has 0 unspecified atom stereocenters. The van der Waals surface area contributed by atoms with Crippen molar-refractivity contribution < 1.29 is 19.7 Å². The molecule has 0 heterocycles. The zero-order valence-corrected chi connectivity index (χ0v) is 10.2. The van der Waals surface area contributed by atoms with Crippen LogP contribution in [0.25, 0.3) is 0 Å². The summed E-state index contributed by atoms with van der Waals surface area (Å²) in [5.41, 5.74) is 9.19. The van der Waals surface area contributed by atoms with Crippen LogP contribution in [0.1, 0.15) is 0 Å². The van der Waals surface area contributed by atoms with Crippen LogP contribution in [0.3, 0.4) is 0 Å². The molecule has 8 N–H and O–H groups in total. The summed E-state index contributed by atoms with van der Waals surface area (Å²) < 4.78 is 13.9. The molecule has 0 spiro atoms. The number of nitrogen functional groups attached to an aromatic ring is 2. The van der Waals surface area contributed by atoms with E-state index < -0.39 is 31.2 Å². The van der Waals surface area contributed by atoms with Crippen LogP contribution in [-0.4, -0.2) is 40.7 Å². The van der Waals surface area contributed by atoms with Crippen LogP contribution >= 0.6 is 11.6 Å². The van der Waals surface area contributed by atoms with Gasteiger partial charge in [-0.1, -0.05) is 11.6 Å². The monoisotopic (exact) mass is 279 g/mol. The van der Waals surface area contributed by atoms with Gasteiger partial charge in [0, 0.05) is 0 Å². The lowest BCUT2D eigenvalue weighted by Gasteiger charge is -2.30. The van der Waals surface area contributed by atoms with Crippen molar-refractivity contribution >= 4 is 28.7 Å². The van der Waals surface area contributed by atoms with E-state index >= 15 is 0 Å². The molecule has 1 aromatic rings. The molecule has 0 aromatic heterocycles. The Balaban J connectivity index is 3.22. The van der Waals surface area contributed by atoms with E-state index in [1.54, 1.807) is 0 Å². The highest BCUT2D eigenvalue weighted by Gasteiger charge is 2.30. The molecule has 18 heavy (non-hydrogen) atoms. The first-order valence-electron chi connectivity index (χ1n) is 5.04. The van der Waals surface area contributed by atoms with Crippen LogP contribution in [-0.2, 0) is 0 Å². The highest BCUT2D eigenvalue weighted by molar-refractivity contribution is 6.33. The van der Waals surface area contributed by atoms with Crippen LogP contribution < -0.4 is 16.8 Å². The smallest absolute Gasteiger partial charge is 0.169 e. The summed E-state index contributed by atoms with van der Waals surface area (Å²) in [4.78, 5) is 0. The second-order valence-electron chi connectivity index (χ2n) is 3.94. The summed E-state index contributed by atoms with van der Waals surface area (Å²) in [5.74, 6) is -0.908. The zero-order valence-electron chi connectivity index (χ0n) is 9.45. The number of anilines is 3. The second kappa shape index (κ2) is 5.57. The molecule has 6 nitrogen and oxygen atoms in total. The minimum absolute atomic E-state index is 0.0280. The number of rotatable bonds is 5. The Hall–Kier alpha value is -1.28. The van der Waals surface area contributed by atoms with Crippen molar-refractivity contribution in [3.63, 3.8) is 0 Å². The molecule has 1 rings (SSSR count). The Morgan fingerprint density at radius 3 is 2.11 bits per heavy atom. The summed E-state index contributed by atoms with van der Waals surface area (Å²) in [5, 5.41) is 29.6. The maximum atomic E-state index is 13.9. The molecule has 8 heteroatoms. The number of benzene rings is 1. The Bertz CT molecular complexity index is 433. The molecular weight excluding hydrogens is 265 g/mol. The number of hydrogen-bond donors (Lipinski definition) is 6. The summed E-state index contributed by atoms with van der Waals surface area (Å²) in [6.45, 7) is -1.87. The van der Waals surface area contributed by atoms with Gasteiger partial charge in [-0.05, 0) is 6.07 Å². The Kier molecular flexibility index (Phi) is 4.58. The van der Waals surface area contributed by atoms with Gasteiger partial charge >= 0.3 is 0 Å². The van der Waals surface area contributed by atoms with E-state index in [1.807, 2.05) is 0 Å². The molecule has 0 bridgehead atoms. The lowest BCUT2D eigenvalue weighted by molar-refractivity contribution is 0.0832. The van der Waals surface area contributed by atoms with Gasteiger partial charge in [-0.15, -0.1) is 0 Å². The molecule has 0 aliphatic rings. The minimum atomic E-state index is -1.51. The number of nitrogens with two attached hydrogens (primary N) is 2. The SMILES string of the molecule is Nc1cc(N)c(NC(CO)(CO)CO)c(F)c1Cl. The van der Waals surface area contributed by atoms with E-state index in [1.165, 1.54) is 6.07 Å².